The van der Waals surface area contributed by atoms with Crippen LogP contribution in [-0.4, -0.2) is 6.21 Å². The minimum Gasteiger partial charge on any atom is -0.278 e. The summed E-state index contributed by atoms with van der Waals surface area (Å²) in [6.07, 6.45) is 1.85. The van der Waals surface area contributed by atoms with Crippen LogP contribution in [0.3, 0.4) is 0 Å². The number of halogens is 1. The number of hydrazone groups is 1. The van der Waals surface area contributed by atoms with Crippen LogP contribution in [0, 0.1) is 6.92 Å². The fraction of sp³-hybridized carbons (Fsp3) is 0.0833. The second kappa shape index (κ2) is 5.27. The Hall–Kier alpha value is -1.13. The van der Waals surface area contributed by atoms with Crippen molar-refractivity contribution in [3.63, 3.8) is 0 Å². The molecule has 82 valence electrons. The Bertz CT molecular complexity index is 505. The molecule has 0 aliphatic rings. The summed E-state index contributed by atoms with van der Waals surface area (Å²) in [4.78, 5) is 1.18. The lowest BCUT2D eigenvalue weighted by atomic mass is 10.3. The minimum atomic E-state index is 0.972. The van der Waals surface area contributed by atoms with Crippen LogP contribution in [0.4, 0.5) is 5.69 Å². The zero-order valence-corrected chi connectivity index (χ0v) is 11.2. The Morgan fingerprint density at radius 1 is 1.38 bits per heavy atom. The van der Waals surface area contributed by atoms with Crippen molar-refractivity contribution >= 4 is 39.2 Å². The first-order valence-electron chi connectivity index (χ1n) is 4.84. The summed E-state index contributed by atoms with van der Waals surface area (Å²) in [6.45, 7) is 2.08. The van der Waals surface area contributed by atoms with Gasteiger partial charge in [0.25, 0.3) is 0 Å². The largest absolute Gasteiger partial charge is 0.278 e. The van der Waals surface area contributed by atoms with E-state index < -0.39 is 0 Å². The van der Waals surface area contributed by atoms with E-state index in [1.54, 1.807) is 11.3 Å². The zero-order chi connectivity index (χ0) is 11.4. The van der Waals surface area contributed by atoms with Crippen molar-refractivity contribution in [2.24, 2.45) is 5.10 Å². The number of anilines is 1. The number of nitrogens with one attached hydrogen (secondary N) is 1. The van der Waals surface area contributed by atoms with Crippen molar-refractivity contribution in [2.45, 2.75) is 6.92 Å². The summed E-state index contributed by atoms with van der Waals surface area (Å²) in [6, 6.07) is 10.0. The summed E-state index contributed by atoms with van der Waals surface area (Å²) in [5.74, 6) is 0. The van der Waals surface area contributed by atoms with Crippen molar-refractivity contribution in [1.29, 1.82) is 0 Å². The van der Waals surface area contributed by atoms with Crippen LogP contribution in [0.15, 0.2) is 45.3 Å². The molecule has 1 heterocycles. The van der Waals surface area contributed by atoms with Gasteiger partial charge in [-0.3, -0.25) is 5.43 Å². The van der Waals surface area contributed by atoms with E-state index in [1.165, 1.54) is 10.4 Å². The molecule has 0 saturated heterocycles. The second-order valence-electron chi connectivity index (χ2n) is 3.35. The van der Waals surface area contributed by atoms with E-state index in [1.807, 2.05) is 30.5 Å². The van der Waals surface area contributed by atoms with E-state index >= 15 is 0 Å². The highest BCUT2D eigenvalue weighted by Crippen LogP contribution is 2.16. The van der Waals surface area contributed by atoms with E-state index in [9.17, 15) is 0 Å². The summed E-state index contributed by atoms with van der Waals surface area (Å²) >= 11 is 5.10. The predicted octanol–water partition coefficient (Wildman–Crippen LogP) is 4.27. The van der Waals surface area contributed by atoms with E-state index in [0.717, 1.165) is 10.2 Å². The molecule has 1 aromatic carbocycles. The number of hydrogen-bond donors (Lipinski definition) is 1. The predicted molar refractivity (Wildman–Crippen MR) is 74.4 cm³/mol. The maximum absolute atomic E-state index is 4.20. The molecule has 2 nitrogen and oxygen atoms in total. The third-order valence-electron chi connectivity index (χ3n) is 2.10. The van der Waals surface area contributed by atoms with Gasteiger partial charge in [-0.05, 0) is 42.1 Å². The van der Waals surface area contributed by atoms with Gasteiger partial charge in [0.15, 0.2) is 0 Å². The van der Waals surface area contributed by atoms with Gasteiger partial charge in [0.1, 0.15) is 0 Å². The zero-order valence-electron chi connectivity index (χ0n) is 8.77. The Kier molecular flexibility index (Phi) is 3.74. The molecule has 0 saturated carbocycles. The maximum Gasteiger partial charge on any atom is 0.0647 e. The molecular formula is C12H11BrN2S. The van der Waals surface area contributed by atoms with Gasteiger partial charge in [0, 0.05) is 9.35 Å². The third-order valence-corrected chi connectivity index (χ3v) is 3.55. The first kappa shape index (κ1) is 11.4. The molecule has 0 aliphatic heterocycles. The number of benzene rings is 1. The highest BCUT2D eigenvalue weighted by Gasteiger charge is 1.95. The molecule has 0 fully saturated rings. The van der Waals surface area contributed by atoms with Crippen molar-refractivity contribution in [3.05, 3.63) is 50.6 Å². The average Bonchev–Trinajstić information content (AvgIpc) is 2.65. The molecular weight excluding hydrogens is 284 g/mol. The number of nitrogens with zero attached hydrogens (tertiary/aromatic N) is 1. The Balaban J connectivity index is 2.02. The van der Waals surface area contributed by atoms with Crippen molar-refractivity contribution in [3.8, 4) is 0 Å². The fourth-order valence-corrected chi connectivity index (χ4v) is 2.43. The first-order chi connectivity index (χ1) is 7.75. The van der Waals surface area contributed by atoms with Gasteiger partial charge >= 0.3 is 0 Å². The Morgan fingerprint density at radius 3 is 2.94 bits per heavy atom. The number of aryl methyl sites for hydroxylation is 1. The van der Waals surface area contributed by atoms with Crippen molar-refractivity contribution in [2.75, 3.05) is 5.43 Å². The van der Waals surface area contributed by atoms with Crippen LogP contribution < -0.4 is 5.43 Å². The molecule has 0 bridgehead atoms. The Morgan fingerprint density at radius 2 is 2.25 bits per heavy atom. The summed E-state index contributed by atoms with van der Waals surface area (Å²) in [5.41, 5.74) is 5.22. The van der Waals surface area contributed by atoms with E-state index in [2.05, 4.69) is 44.8 Å². The molecule has 0 radical (unpaired) electrons. The van der Waals surface area contributed by atoms with Gasteiger partial charge < -0.3 is 0 Å². The van der Waals surface area contributed by atoms with E-state index in [-0.39, 0.29) is 0 Å². The second-order valence-corrected chi connectivity index (χ2v) is 5.21. The van der Waals surface area contributed by atoms with Gasteiger partial charge in [-0.15, -0.1) is 11.3 Å². The quantitative estimate of drug-likeness (QED) is 0.664. The lowest BCUT2D eigenvalue weighted by Crippen LogP contribution is -1.89. The molecule has 4 heteroatoms. The lowest BCUT2D eigenvalue weighted by Gasteiger charge is -1.99. The topological polar surface area (TPSA) is 24.4 Å². The highest BCUT2D eigenvalue weighted by atomic mass is 79.9. The molecule has 0 atom stereocenters. The van der Waals surface area contributed by atoms with Crippen LogP contribution >= 0.6 is 27.3 Å². The summed E-state index contributed by atoms with van der Waals surface area (Å²) < 4.78 is 1.04. The Labute approximate surface area is 107 Å². The molecule has 0 unspecified atom stereocenters. The normalized spacial score (nSPS) is 10.9. The van der Waals surface area contributed by atoms with Gasteiger partial charge in [-0.1, -0.05) is 22.0 Å². The van der Waals surface area contributed by atoms with Crippen LogP contribution in [0.25, 0.3) is 0 Å². The molecule has 0 spiro atoms. The lowest BCUT2D eigenvalue weighted by molar-refractivity contribution is 1.35. The average molecular weight is 295 g/mol. The summed E-state index contributed by atoms with van der Waals surface area (Å²) in [7, 11) is 0. The minimum absolute atomic E-state index is 0.972. The molecule has 0 amide bonds. The third kappa shape index (κ3) is 2.93. The molecule has 1 N–H and O–H groups in total. The monoisotopic (exact) mass is 294 g/mol. The smallest absolute Gasteiger partial charge is 0.0647 e. The molecule has 1 aromatic heterocycles. The SMILES string of the molecule is Cc1ccsc1/C=N\Nc1cccc(Br)c1. The molecule has 16 heavy (non-hydrogen) atoms. The molecule has 0 aliphatic carbocycles. The van der Waals surface area contributed by atoms with E-state index in [0.29, 0.717) is 0 Å². The van der Waals surface area contributed by atoms with E-state index in [4.69, 9.17) is 0 Å². The van der Waals surface area contributed by atoms with Crippen LogP contribution in [0.1, 0.15) is 10.4 Å². The molecule has 2 aromatic rings. The van der Waals surface area contributed by atoms with Crippen molar-refractivity contribution < 1.29 is 0 Å². The van der Waals surface area contributed by atoms with Crippen molar-refractivity contribution in [1.82, 2.24) is 0 Å². The highest BCUT2D eigenvalue weighted by molar-refractivity contribution is 9.10. The van der Waals surface area contributed by atoms with Crippen LogP contribution in [-0.2, 0) is 0 Å². The number of thiophene rings is 1. The molecule has 2 rings (SSSR count). The van der Waals surface area contributed by atoms with Crippen LogP contribution in [0.2, 0.25) is 0 Å². The van der Waals surface area contributed by atoms with Gasteiger partial charge in [-0.25, -0.2) is 0 Å². The standard InChI is InChI=1S/C12H11BrN2S/c1-9-5-6-16-12(9)8-14-15-11-4-2-3-10(13)7-11/h2-8,15H,1H3/b14-8-. The van der Waals surface area contributed by atoms with Gasteiger partial charge in [0.2, 0.25) is 0 Å². The summed E-state index contributed by atoms with van der Waals surface area (Å²) in [5, 5.41) is 6.27. The fourth-order valence-electron chi connectivity index (χ4n) is 1.24. The number of rotatable bonds is 3. The number of hydrogen-bond acceptors (Lipinski definition) is 3. The van der Waals surface area contributed by atoms with Gasteiger partial charge in [-0.2, -0.15) is 5.10 Å². The van der Waals surface area contributed by atoms with Gasteiger partial charge in [0.05, 0.1) is 11.9 Å². The first-order valence-corrected chi connectivity index (χ1v) is 6.52. The van der Waals surface area contributed by atoms with Crippen LogP contribution in [0.5, 0.6) is 0 Å². The maximum atomic E-state index is 4.20.